The second-order valence-corrected chi connectivity index (χ2v) is 6.29. The molecule has 130 valence electrons. The first-order valence-electron chi connectivity index (χ1n) is 8.10. The van der Waals surface area contributed by atoms with E-state index in [0.29, 0.717) is 22.7 Å². The van der Waals surface area contributed by atoms with Crippen LogP contribution in [0.2, 0.25) is 5.02 Å². The van der Waals surface area contributed by atoms with E-state index in [1.54, 1.807) is 19.2 Å². The van der Waals surface area contributed by atoms with Crippen molar-refractivity contribution in [2.75, 3.05) is 12.4 Å². The highest BCUT2D eigenvalue weighted by Gasteiger charge is 2.19. The summed E-state index contributed by atoms with van der Waals surface area (Å²) in [5.74, 6) is -0.190. The molecule has 0 aliphatic carbocycles. The number of aromatic nitrogens is 1. The number of aliphatic carboxylic acids is 1. The second-order valence-electron chi connectivity index (χ2n) is 5.86. The zero-order valence-electron chi connectivity index (χ0n) is 14.0. The summed E-state index contributed by atoms with van der Waals surface area (Å²) >= 11 is 6.10. The molecule has 0 unspecified atom stereocenters. The topological polar surface area (TPSA) is 71.5 Å². The number of pyridine rings is 1. The predicted molar refractivity (Wildman–Crippen MR) is 101 cm³/mol. The number of anilines is 1. The van der Waals surface area contributed by atoms with Crippen molar-refractivity contribution < 1.29 is 14.6 Å². The van der Waals surface area contributed by atoms with Crippen molar-refractivity contribution >= 4 is 45.1 Å². The molecule has 1 heterocycles. The average molecular weight is 359 g/mol. The summed E-state index contributed by atoms with van der Waals surface area (Å²) in [5, 5.41) is 15.0. The molecule has 0 spiro atoms. The number of nitrogens with one attached hydrogen (secondary N) is 1. The van der Waals surface area contributed by atoms with E-state index in [9.17, 15) is 9.90 Å². The van der Waals surface area contributed by atoms with Crippen LogP contribution in [0.4, 0.5) is 5.69 Å². The van der Waals surface area contributed by atoms with Crippen molar-refractivity contribution in [1.29, 1.82) is 0 Å². The third kappa shape index (κ3) is 3.46. The molecule has 6 heteroatoms. The van der Waals surface area contributed by atoms with Gasteiger partial charge < -0.3 is 15.2 Å². The maximum absolute atomic E-state index is 11.6. The van der Waals surface area contributed by atoms with Gasteiger partial charge in [-0.25, -0.2) is 9.78 Å². The molecular weight excluding hydrogens is 340 g/mol. The number of carbonyl (C=O) groups is 1. The van der Waals surface area contributed by atoms with Crippen LogP contribution in [0.15, 0.2) is 36.4 Å². The minimum atomic E-state index is -0.878. The number of carboxylic acids is 1. The summed E-state index contributed by atoms with van der Waals surface area (Å²) in [6.07, 6.45) is 1.29. The third-order valence-corrected chi connectivity index (χ3v) is 4.37. The van der Waals surface area contributed by atoms with Crippen molar-refractivity contribution in [2.45, 2.75) is 25.8 Å². The van der Waals surface area contributed by atoms with Gasteiger partial charge in [0.25, 0.3) is 0 Å². The monoisotopic (exact) mass is 358 g/mol. The first kappa shape index (κ1) is 17.3. The van der Waals surface area contributed by atoms with Gasteiger partial charge in [0.2, 0.25) is 0 Å². The second kappa shape index (κ2) is 7.15. The summed E-state index contributed by atoms with van der Waals surface area (Å²) in [4.78, 5) is 16.3. The number of methoxy groups -OCH3 is 1. The zero-order valence-corrected chi connectivity index (χ0v) is 14.8. The fraction of sp³-hybridized carbons (Fsp3) is 0.263. The Kier molecular flexibility index (Phi) is 4.95. The van der Waals surface area contributed by atoms with Crippen molar-refractivity contribution in [3.8, 4) is 5.75 Å². The predicted octanol–water partition coefficient (Wildman–Crippen LogP) is 4.72. The number of hydrogen-bond acceptors (Lipinski definition) is 4. The minimum absolute atomic E-state index is 0.526. The SMILES string of the molecule is CCC[C@H](Nc1c2ccc(Cl)cc2nc2ccc(OC)cc12)C(=O)O. The summed E-state index contributed by atoms with van der Waals surface area (Å²) in [5.41, 5.74) is 2.20. The lowest BCUT2D eigenvalue weighted by molar-refractivity contribution is -0.138. The third-order valence-electron chi connectivity index (χ3n) is 4.14. The lowest BCUT2D eigenvalue weighted by atomic mass is 10.1. The van der Waals surface area contributed by atoms with Gasteiger partial charge in [-0.1, -0.05) is 24.9 Å². The number of ether oxygens (including phenoxy) is 1. The molecule has 3 aromatic rings. The van der Waals surface area contributed by atoms with Crippen molar-refractivity contribution in [3.63, 3.8) is 0 Å². The van der Waals surface area contributed by atoms with Gasteiger partial charge in [-0.2, -0.15) is 0 Å². The fourth-order valence-corrected chi connectivity index (χ4v) is 3.07. The van der Waals surface area contributed by atoms with Gasteiger partial charge in [0.15, 0.2) is 0 Å². The number of rotatable bonds is 6. The molecule has 0 amide bonds. The maximum atomic E-state index is 11.6. The lowest BCUT2D eigenvalue weighted by Crippen LogP contribution is -2.29. The Morgan fingerprint density at radius 3 is 2.72 bits per heavy atom. The Morgan fingerprint density at radius 2 is 2.04 bits per heavy atom. The van der Waals surface area contributed by atoms with Crippen LogP contribution in [-0.4, -0.2) is 29.2 Å². The molecular formula is C19H19ClN2O3. The number of carboxylic acid groups (broad SMARTS) is 1. The largest absolute Gasteiger partial charge is 0.497 e. The molecule has 0 aliphatic heterocycles. The standard InChI is InChI=1S/C19H19ClN2O3/c1-3-4-16(19(23)24)22-18-13-7-5-11(20)9-17(13)21-15-8-6-12(25-2)10-14(15)18/h5-10,16H,3-4H2,1-2H3,(H,21,22)(H,23,24)/t16-/m0/s1. The lowest BCUT2D eigenvalue weighted by Gasteiger charge is -2.19. The molecule has 1 aromatic heterocycles. The highest BCUT2D eigenvalue weighted by molar-refractivity contribution is 6.31. The number of nitrogens with zero attached hydrogens (tertiary/aromatic N) is 1. The van der Waals surface area contributed by atoms with Crippen LogP contribution in [0, 0.1) is 0 Å². The van der Waals surface area contributed by atoms with Crippen LogP contribution in [0.3, 0.4) is 0 Å². The van der Waals surface area contributed by atoms with E-state index in [0.717, 1.165) is 28.4 Å². The molecule has 0 bridgehead atoms. The van der Waals surface area contributed by atoms with E-state index in [2.05, 4.69) is 10.3 Å². The summed E-state index contributed by atoms with van der Waals surface area (Å²) in [7, 11) is 1.60. The number of halogens is 1. The van der Waals surface area contributed by atoms with Gasteiger partial charge in [0.05, 0.1) is 23.8 Å². The highest BCUT2D eigenvalue weighted by atomic mass is 35.5. The Hall–Kier alpha value is -2.53. The quantitative estimate of drug-likeness (QED) is 0.624. The van der Waals surface area contributed by atoms with Crippen LogP contribution < -0.4 is 10.1 Å². The maximum Gasteiger partial charge on any atom is 0.326 e. The Balaban J connectivity index is 2.27. The molecule has 0 saturated heterocycles. The highest BCUT2D eigenvalue weighted by Crippen LogP contribution is 2.34. The van der Waals surface area contributed by atoms with E-state index >= 15 is 0 Å². The van der Waals surface area contributed by atoms with Gasteiger partial charge >= 0.3 is 5.97 Å². The number of hydrogen-bond donors (Lipinski definition) is 2. The first-order chi connectivity index (χ1) is 12.0. The molecule has 0 aliphatic rings. The Morgan fingerprint density at radius 1 is 1.24 bits per heavy atom. The summed E-state index contributed by atoms with van der Waals surface area (Å²) in [6.45, 7) is 1.96. The molecule has 0 radical (unpaired) electrons. The van der Waals surface area contributed by atoms with Gasteiger partial charge in [-0.3, -0.25) is 0 Å². The molecule has 1 atom stereocenters. The van der Waals surface area contributed by atoms with E-state index in [-0.39, 0.29) is 0 Å². The van der Waals surface area contributed by atoms with Crippen LogP contribution in [0.1, 0.15) is 19.8 Å². The van der Waals surface area contributed by atoms with Crippen LogP contribution in [0.25, 0.3) is 21.8 Å². The number of fused-ring (bicyclic) bond motifs is 2. The van der Waals surface area contributed by atoms with E-state index in [1.165, 1.54) is 0 Å². The van der Waals surface area contributed by atoms with Gasteiger partial charge in [-0.05, 0) is 42.8 Å². The van der Waals surface area contributed by atoms with E-state index in [4.69, 9.17) is 16.3 Å². The zero-order chi connectivity index (χ0) is 18.0. The summed E-state index contributed by atoms with van der Waals surface area (Å²) in [6, 6.07) is 10.3. The molecule has 0 saturated carbocycles. The molecule has 5 nitrogen and oxygen atoms in total. The van der Waals surface area contributed by atoms with Crippen LogP contribution >= 0.6 is 11.6 Å². The molecule has 2 aromatic carbocycles. The Bertz CT molecular complexity index is 943. The molecule has 2 N–H and O–H groups in total. The normalized spacial score (nSPS) is 12.3. The van der Waals surface area contributed by atoms with Crippen molar-refractivity contribution in [2.24, 2.45) is 0 Å². The summed E-state index contributed by atoms with van der Waals surface area (Å²) < 4.78 is 5.32. The van der Waals surface area contributed by atoms with E-state index in [1.807, 2.05) is 31.2 Å². The van der Waals surface area contributed by atoms with Crippen LogP contribution in [-0.2, 0) is 4.79 Å². The van der Waals surface area contributed by atoms with Crippen molar-refractivity contribution in [1.82, 2.24) is 4.98 Å². The fourth-order valence-electron chi connectivity index (χ4n) is 2.90. The first-order valence-corrected chi connectivity index (χ1v) is 8.47. The Labute approximate surface area is 150 Å². The minimum Gasteiger partial charge on any atom is -0.497 e. The van der Waals surface area contributed by atoms with Gasteiger partial charge in [0.1, 0.15) is 11.8 Å². The van der Waals surface area contributed by atoms with Crippen molar-refractivity contribution in [3.05, 3.63) is 41.4 Å². The van der Waals surface area contributed by atoms with E-state index < -0.39 is 12.0 Å². The number of benzene rings is 2. The molecule has 25 heavy (non-hydrogen) atoms. The van der Waals surface area contributed by atoms with Crippen LogP contribution in [0.5, 0.6) is 5.75 Å². The van der Waals surface area contributed by atoms with Gasteiger partial charge in [-0.15, -0.1) is 0 Å². The molecule has 3 rings (SSSR count). The average Bonchev–Trinajstić information content (AvgIpc) is 2.60. The van der Waals surface area contributed by atoms with Gasteiger partial charge in [0, 0.05) is 15.8 Å². The molecule has 0 fully saturated rings. The smallest absolute Gasteiger partial charge is 0.326 e.